The molecule has 0 atom stereocenters. The van der Waals surface area contributed by atoms with Crippen molar-refractivity contribution in [2.45, 2.75) is 19.8 Å². The van der Waals surface area contributed by atoms with Gasteiger partial charge in [-0.2, -0.15) is 0 Å². The van der Waals surface area contributed by atoms with Gasteiger partial charge < -0.3 is 4.74 Å². The molecule has 0 saturated heterocycles. The second kappa shape index (κ2) is 6.37. The first-order valence-corrected chi connectivity index (χ1v) is 5.51. The largest absolute Gasteiger partial charge is 0.466 e. The van der Waals surface area contributed by atoms with Crippen molar-refractivity contribution in [2.75, 3.05) is 6.61 Å². The van der Waals surface area contributed by atoms with Crippen LogP contribution in [0.3, 0.4) is 0 Å². The fourth-order valence-electron chi connectivity index (χ4n) is 1.34. The molecule has 0 aliphatic carbocycles. The minimum absolute atomic E-state index is 0.0927. The first kappa shape index (κ1) is 15.2. The highest BCUT2D eigenvalue weighted by Crippen LogP contribution is 2.35. The third-order valence-corrected chi connectivity index (χ3v) is 2.53. The van der Waals surface area contributed by atoms with Crippen LogP contribution in [0.25, 0.3) is 0 Å². The first-order chi connectivity index (χ1) is 8.88. The third-order valence-electron chi connectivity index (χ3n) is 2.13. The van der Waals surface area contributed by atoms with Gasteiger partial charge in [0.05, 0.1) is 23.5 Å². The number of hydrogen-bond donors (Lipinski definition) is 0. The summed E-state index contributed by atoms with van der Waals surface area (Å²) in [6.45, 7) is 1.65. The van der Waals surface area contributed by atoms with Crippen LogP contribution in [0.1, 0.15) is 24.6 Å². The predicted molar refractivity (Wildman–Crippen MR) is 61.2 cm³/mol. The molecule has 0 aliphatic rings. The fraction of sp³-hybridized carbons (Fsp3) is 0.400. The molecule has 9 heteroatoms. The second-order valence-electron chi connectivity index (χ2n) is 3.36. The molecule has 6 nitrogen and oxygen atoms in total. The molecule has 1 heterocycles. The van der Waals surface area contributed by atoms with Crippen molar-refractivity contribution in [1.82, 2.24) is 4.98 Å². The molecule has 104 valence electrons. The topological polar surface area (TPSA) is 82.3 Å². The molecule has 1 aromatic rings. The number of esters is 1. The van der Waals surface area contributed by atoms with Gasteiger partial charge in [0.1, 0.15) is 10.7 Å². The minimum Gasteiger partial charge on any atom is -0.466 e. The van der Waals surface area contributed by atoms with Gasteiger partial charge in [-0.3, -0.25) is 19.9 Å². The maximum Gasteiger partial charge on any atom is 0.312 e. The number of carbonyl (C=O) groups excluding carboxylic acids is 1. The smallest absolute Gasteiger partial charge is 0.312 e. The van der Waals surface area contributed by atoms with Gasteiger partial charge >= 0.3 is 11.7 Å². The van der Waals surface area contributed by atoms with Gasteiger partial charge in [0.2, 0.25) is 0 Å². The maximum atomic E-state index is 12.5. The number of halogens is 3. The summed E-state index contributed by atoms with van der Waals surface area (Å²) in [6.07, 6.45) is -2.78. The Morgan fingerprint density at radius 2 is 2.26 bits per heavy atom. The van der Waals surface area contributed by atoms with Crippen LogP contribution in [0.2, 0.25) is 5.02 Å². The van der Waals surface area contributed by atoms with Gasteiger partial charge in [-0.05, 0) is 6.92 Å². The predicted octanol–water partition coefficient (Wildman–Crippen LogP) is 2.69. The number of nitrogens with zero attached hydrogens (tertiary/aromatic N) is 2. The summed E-state index contributed by atoms with van der Waals surface area (Å²) in [4.78, 5) is 24.6. The van der Waals surface area contributed by atoms with E-state index in [9.17, 15) is 23.7 Å². The summed E-state index contributed by atoms with van der Waals surface area (Å²) in [6, 6.07) is 0. The number of carbonyl (C=O) groups is 1. The van der Waals surface area contributed by atoms with Gasteiger partial charge in [0.25, 0.3) is 6.43 Å². The van der Waals surface area contributed by atoms with E-state index < -0.39 is 40.0 Å². The van der Waals surface area contributed by atoms with E-state index in [1.54, 1.807) is 6.92 Å². The van der Waals surface area contributed by atoms with Gasteiger partial charge in [0, 0.05) is 6.20 Å². The van der Waals surface area contributed by atoms with Gasteiger partial charge in [-0.25, -0.2) is 8.78 Å². The summed E-state index contributed by atoms with van der Waals surface area (Å²) in [5, 5.41) is 10.1. The van der Waals surface area contributed by atoms with Crippen molar-refractivity contribution in [1.29, 1.82) is 0 Å². The monoisotopic (exact) mass is 294 g/mol. The molecule has 0 N–H and O–H groups in total. The highest BCUT2D eigenvalue weighted by Gasteiger charge is 2.28. The highest BCUT2D eigenvalue weighted by atomic mass is 35.5. The Bertz CT molecular complexity index is 511. The van der Waals surface area contributed by atoms with E-state index in [-0.39, 0.29) is 12.3 Å². The fourth-order valence-corrected chi connectivity index (χ4v) is 1.65. The van der Waals surface area contributed by atoms with Crippen molar-refractivity contribution in [3.63, 3.8) is 0 Å². The summed E-state index contributed by atoms with van der Waals surface area (Å²) < 4.78 is 29.7. The third kappa shape index (κ3) is 3.57. The van der Waals surface area contributed by atoms with E-state index in [0.717, 1.165) is 0 Å². The molecule has 0 radical (unpaired) electrons. The number of aromatic nitrogens is 1. The summed E-state index contributed by atoms with van der Waals surface area (Å²) in [5.41, 5.74) is -1.86. The van der Waals surface area contributed by atoms with Crippen molar-refractivity contribution in [2.24, 2.45) is 0 Å². The van der Waals surface area contributed by atoms with Gasteiger partial charge in [-0.1, -0.05) is 11.6 Å². The van der Waals surface area contributed by atoms with E-state index >= 15 is 0 Å². The zero-order valence-electron chi connectivity index (χ0n) is 9.73. The number of pyridine rings is 1. The van der Waals surface area contributed by atoms with Crippen LogP contribution in [0.5, 0.6) is 0 Å². The lowest BCUT2D eigenvalue weighted by Crippen LogP contribution is -2.11. The van der Waals surface area contributed by atoms with Crippen LogP contribution in [0.4, 0.5) is 14.5 Å². The molecular weight excluding hydrogens is 286 g/mol. The molecule has 0 saturated carbocycles. The zero-order chi connectivity index (χ0) is 14.6. The zero-order valence-corrected chi connectivity index (χ0v) is 10.5. The van der Waals surface area contributed by atoms with E-state index in [4.69, 9.17) is 11.6 Å². The van der Waals surface area contributed by atoms with Gasteiger partial charge in [0.15, 0.2) is 0 Å². The molecule has 0 amide bonds. The second-order valence-corrected chi connectivity index (χ2v) is 3.74. The van der Waals surface area contributed by atoms with Crippen LogP contribution in [0.15, 0.2) is 6.20 Å². The SMILES string of the molecule is CCOC(=O)Cc1ncc(C(F)F)c(Cl)c1[N+](=O)[O-]. The van der Waals surface area contributed by atoms with E-state index in [0.29, 0.717) is 6.20 Å². The molecule has 0 bridgehead atoms. The van der Waals surface area contributed by atoms with E-state index in [1.807, 2.05) is 0 Å². The Morgan fingerprint density at radius 1 is 1.63 bits per heavy atom. The van der Waals surface area contributed by atoms with Crippen LogP contribution in [-0.2, 0) is 16.0 Å². The van der Waals surface area contributed by atoms with Crippen molar-refractivity contribution in [3.8, 4) is 0 Å². The molecule has 0 aliphatic heterocycles. The molecule has 0 spiro atoms. The highest BCUT2D eigenvalue weighted by molar-refractivity contribution is 6.33. The quantitative estimate of drug-likeness (QED) is 0.474. The van der Waals surface area contributed by atoms with Gasteiger partial charge in [-0.15, -0.1) is 0 Å². The van der Waals surface area contributed by atoms with E-state index in [1.165, 1.54) is 0 Å². The normalized spacial score (nSPS) is 10.6. The van der Waals surface area contributed by atoms with Crippen molar-refractivity contribution < 1.29 is 23.2 Å². The van der Waals surface area contributed by atoms with Crippen molar-refractivity contribution >= 4 is 23.3 Å². The summed E-state index contributed by atoms with van der Waals surface area (Å²) in [5.74, 6) is -0.751. The lowest BCUT2D eigenvalue weighted by molar-refractivity contribution is -0.385. The molecule has 0 aromatic carbocycles. The number of hydrogen-bond acceptors (Lipinski definition) is 5. The van der Waals surface area contributed by atoms with Crippen LogP contribution in [0, 0.1) is 10.1 Å². The minimum atomic E-state index is -2.99. The Kier molecular flexibility index (Phi) is 5.11. The van der Waals surface area contributed by atoms with E-state index in [2.05, 4.69) is 9.72 Å². The first-order valence-electron chi connectivity index (χ1n) is 5.13. The average Bonchev–Trinajstić information content (AvgIpc) is 2.28. The number of nitro groups is 1. The number of ether oxygens (including phenoxy) is 1. The molecule has 0 unspecified atom stereocenters. The average molecular weight is 295 g/mol. The summed E-state index contributed by atoms with van der Waals surface area (Å²) >= 11 is 5.55. The van der Waals surface area contributed by atoms with Crippen LogP contribution < -0.4 is 0 Å². The standard InChI is InChI=1S/C10H9ClF2N2O4/c1-2-19-7(16)3-6-9(15(17)18)8(11)5(4-14-6)10(12)13/h4,10H,2-3H2,1H3. The maximum absolute atomic E-state index is 12.5. The number of alkyl halides is 2. The summed E-state index contributed by atoms with van der Waals surface area (Å²) in [7, 11) is 0. The van der Waals surface area contributed by atoms with Crippen LogP contribution >= 0.6 is 11.6 Å². The Morgan fingerprint density at radius 3 is 2.74 bits per heavy atom. The van der Waals surface area contributed by atoms with Crippen LogP contribution in [-0.4, -0.2) is 22.5 Å². The Balaban J connectivity index is 3.22. The lowest BCUT2D eigenvalue weighted by atomic mass is 10.2. The molecule has 19 heavy (non-hydrogen) atoms. The Labute approximate surface area is 111 Å². The van der Waals surface area contributed by atoms with Crippen molar-refractivity contribution in [3.05, 3.63) is 32.6 Å². The molecule has 1 rings (SSSR count). The molecular formula is C10H9ClF2N2O4. The molecule has 0 fully saturated rings. The molecule has 1 aromatic heterocycles. The Hall–Kier alpha value is -1.83. The number of rotatable bonds is 5. The lowest BCUT2D eigenvalue weighted by Gasteiger charge is -2.07.